The topological polar surface area (TPSA) is 49.7 Å². The van der Waals surface area contributed by atoms with Crippen molar-refractivity contribution in [3.05, 3.63) is 42.0 Å². The lowest BCUT2D eigenvalue weighted by molar-refractivity contribution is 0.190. The van der Waals surface area contributed by atoms with E-state index in [2.05, 4.69) is 0 Å². The fourth-order valence-corrected chi connectivity index (χ4v) is 2.14. The second-order valence-electron chi connectivity index (χ2n) is 4.66. The Kier molecular flexibility index (Phi) is 4.77. The van der Waals surface area contributed by atoms with Gasteiger partial charge < -0.3 is 14.9 Å². The Bertz CT molecular complexity index is 535. The number of hydrogen-bond donors (Lipinski definition) is 2. The van der Waals surface area contributed by atoms with E-state index in [4.69, 9.17) is 9.84 Å². The predicted molar refractivity (Wildman–Crippen MR) is 76.4 cm³/mol. The van der Waals surface area contributed by atoms with E-state index in [-0.39, 0.29) is 6.61 Å². The van der Waals surface area contributed by atoms with Gasteiger partial charge in [0.2, 0.25) is 0 Å². The molecule has 0 radical (unpaired) electrons. The van der Waals surface area contributed by atoms with E-state index in [1.165, 1.54) is 0 Å². The van der Waals surface area contributed by atoms with E-state index in [0.717, 1.165) is 34.9 Å². The normalized spacial score (nSPS) is 12.6. The molecule has 0 saturated carbocycles. The van der Waals surface area contributed by atoms with E-state index >= 15 is 0 Å². The van der Waals surface area contributed by atoms with E-state index in [9.17, 15) is 5.11 Å². The average Bonchev–Trinajstić information content (AvgIpc) is 2.43. The standard InChI is InChI=1S/C16H20O3/c1-12(18)14-9-8-13-6-2-3-7-15(13)16(14)19-11-5-4-10-17/h2-3,6-9,12,17-18H,4-5,10-11H2,1H3. The number of benzene rings is 2. The van der Waals surface area contributed by atoms with Crippen LogP contribution in [0.3, 0.4) is 0 Å². The van der Waals surface area contributed by atoms with Crippen molar-refractivity contribution in [1.29, 1.82) is 0 Å². The number of aliphatic hydroxyl groups is 2. The van der Waals surface area contributed by atoms with Crippen molar-refractivity contribution in [2.75, 3.05) is 13.2 Å². The molecule has 0 fully saturated rings. The van der Waals surface area contributed by atoms with Crippen molar-refractivity contribution >= 4 is 10.8 Å². The van der Waals surface area contributed by atoms with Crippen LogP contribution in [-0.4, -0.2) is 23.4 Å². The first-order valence-corrected chi connectivity index (χ1v) is 6.67. The fraction of sp³-hybridized carbons (Fsp3) is 0.375. The van der Waals surface area contributed by atoms with Gasteiger partial charge in [0, 0.05) is 17.6 Å². The van der Waals surface area contributed by atoms with Crippen LogP contribution in [0, 0.1) is 0 Å². The molecule has 0 bridgehead atoms. The molecular formula is C16H20O3. The molecule has 0 heterocycles. The molecule has 1 atom stereocenters. The maximum Gasteiger partial charge on any atom is 0.132 e. The number of ether oxygens (including phenoxy) is 1. The van der Waals surface area contributed by atoms with Crippen molar-refractivity contribution < 1.29 is 14.9 Å². The molecule has 2 rings (SSSR count). The average molecular weight is 260 g/mol. The van der Waals surface area contributed by atoms with E-state index in [0.29, 0.717) is 6.61 Å². The molecule has 19 heavy (non-hydrogen) atoms. The lowest BCUT2D eigenvalue weighted by Crippen LogP contribution is -2.03. The number of fused-ring (bicyclic) bond motifs is 1. The minimum atomic E-state index is -0.558. The summed E-state index contributed by atoms with van der Waals surface area (Å²) >= 11 is 0. The summed E-state index contributed by atoms with van der Waals surface area (Å²) in [6.45, 7) is 2.47. The Hall–Kier alpha value is -1.58. The molecule has 0 aliphatic rings. The zero-order valence-electron chi connectivity index (χ0n) is 11.2. The van der Waals surface area contributed by atoms with Gasteiger partial charge in [0.05, 0.1) is 12.7 Å². The Morgan fingerprint density at radius 3 is 2.63 bits per heavy atom. The third-order valence-electron chi connectivity index (χ3n) is 3.16. The smallest absolute Gasteiger partial charge is 0.132 e. The number of rotatable bonds is 6. The van der Waals surface area contributed by atoms with Crippen LogP contribution in [0.15, 0.2) is 36.4 Å². The van der Waals surface area contributed by atoms with Crippen LogP contribution in [-0.2, 0) is 0 Å². The highest BCUT2D eigenvalue weighted by Gasteiger charge is 2.12. The van der Waals surface area contributed by atoms with Crippen LogP contribution in [0.4, 0.5) is 0 Å². The third kappa shape index (κ3) is 3.25. The number of hydrogen-bond acceptors (Lipinski definition) is 3. The number of unbranched alkanes of at least 4 members (excludes halogenated alkanes) is 1. The van der Waals surface area contributed by atoms with Crippen molar-refractivity contribution in [2.24, 2.45) is 0 Å². The maximum absolute atomic E-state index is 9.85. The minimum Gasteiger partial charge on any atom is -0.493 e. The quantitative estimate of drug-likeness (QED) is 0.785. The minimum absolute atomic E-state index is 0.183. The summed E-state index contributed by atoms with van der Waals surface area (Å²) < 4.78 is 5.84. The first-order chi connectivity index (χ1) is 9.24. The van der Waals surface area contributed by atoms with Gasteiger partial charge >= 0.3 is 0 Å². The fourth-order valence-electron chi connectivity index (χ4n) is 2.14. The first kappa shape index (κ1) is 13.8. The van der Waals surface area contributed by atoms with Crippen molar-refractivity contribution in [1.82, 2.24) is 0 Å². The highest BCUT2D eigenvalue weighted by Crippen LogP contribution is 2.33. The van der Waals surface area contributed by atoms with Crippen LogP contribution >= 0.6 is 0 Å². The van der Waals surface area contributed by atoms with Gasteiger partial charge in [-0.3, -0.25) is 0 Å². The molecule has 0 spiro atoms. The monoisotopic (exact) mass is 260 g/mol. The largest absolute Gasteiger partial charge is 0.493 e. The molecule has 0 aliphatic heterocycles. The molecule has 0 aromatic heterocycles. The van der Waals surface area contributed by atoms with E-state index in [1.807, 2.05) is 36.4 Å². The van der Waals surface area contributed by atoms with Crippen LogP contribution < -0.4 is 4.74 Å². The molecule has 2 aromatic rings. The van der Waals surface area contributed by atoms with Gasteiger partial charge in [-0.25, -0.2) is 0 Å². The molecule has 1 unspecified atom stereocenters. The van der Waals surface area contributed by atoms with Crippen LogP contribution in [0.5, 0.6) is 5.75 Å². The molecule has 2 aromatic carbocycles. The van der Waals surface area contributed by atoms with Gasteiger partial charge in [0.25, 0.3) is 0 Å². The van der Waals surface area contributed by atoms with Crippen LogP contribution in [0.2, 0.25) is 0 Å². The van der Waals surface area contributed by atoms with Crippen molar-refractivity contribution in [2.45, 2.75) is 25.9 Å². The number of aliphatic hydroxyl groups excluding tert-OH is 2. The summed E-state index contributed by atoms with van der Waals surface area (Å²) in [5.41, 5.74) is 0.808. The first-order valence-electron chi connectivity index (χ1n) is 6.67. The summed E-state index contributed by atoms with van der Waals surface area (Å²) in [5, 5.41) is 20.7. The highest BCUT2D eigenvalue weighted by atomic mass is 16.5. The van der Waals surface area contributed by atoms with Gasteiger partial charge in [-0.15, -0.1) is 0 Å². The van der Waals surface area contributed by atoms with Crippen LogP contribution in [0.1, 0.15) is 31.4 Å². The lowest BCUT2D eigenvalue weighted by atomic mass is 10.0. The molecule has 3 heteroatoms. The lowest BCUT2D eigenvalue weighted by Gasteiger charge is -2.16. The molecule has 2 N–H and O–H groups in total. The van der Waals surface area contributed by atoms with Crippen molar-refractivity contribution in [3.8, 4) is 5.75 Å². The second-order valence-corrected chi connectivity index (χ2v) is 4.66. The Balaban J connectivity index is 2.33. The molecular weight excluding hydrogens is 240 g/mol. The van der Waals surface area contributed by atoms with Gasteiger partial charge in [0.15, 0.2) is 0 Å². The summed E-state index contributed by atoms with van der Waals surface area (Å²) in [5.74, 6) is 0.756. The highest BCUT2D eigenvalue weighted by molar-refractivity contribution is 5.89. The molecule has 0 saturated heterocycles. The third-order valence-corrected chi connectivity index (χ3v) is 3.16. The molecule has 3 nitrogen and oxygen atoms in total. The SMILES string of the molecule is CC(O)c1ccc2ccccc2c1OCCCCO. The van der Waals surface area contributed by atoms with Crippen LogP contribution in [0.25, 0.3) is 10.8 Å². The summed E-state index contributed by atoms with van der Waals surface area (Å²) in [6.07, 6.45) is 0.978. The summed E-state index contributed by atoms with van der Waals surface area (Å²) in [7, 11) is 0. The molecule has 0 amide bonds. The zero-order chi connectivity index (χ0) is 13.7. The predicted octanol–water partition coefficient (Wildman–Crippen LogP) is 3.04. The van der Waals surface area contributed by atoms with Crippen molar-refractivity contribution in [3.63, 3.8) is 0 Å². The van der Waals surface area contributed by atoms with Gasteiger partial charge in [-0.1, -0.05) is 36.4 Å². The Morgan fingerprint density at radius 2 is 1.89 bits per heavy atom. The zero-order valence-corrected chi connectivity index (χ0v) is 11.2. The second kappa shape index (κ2) is 6.55. The Labute approximate surface area is 113 Å². The van der Waals surface area contributed by atoms with Gasteiger partial charge in [-0.2, -0.15) is 0 Å². The maximum atomic E-state index is 9.85. The summed E-state index contributed by atoms with van der Waals surface area (Å²) in [6, 6.07) is 11.9. The summed E-state index contributed by atoms with van der Waals surface area (Å²) in [4.78, 5) is 0. The van der Waals surface area contributed by atoms with Gasteiger partial charge in [0.1, 0.15) is 5.75 Å². The van der Waals surface area contributed by atoms with Gasteiger partial charge in [-0.05, 0) is 25.2 Å². The van der Waals surface area contributed by atoms with E-state index in [1.54, 1.807) is 6.92 Å². The Morgan fingerprint density at radius 1 is 1.11 bits per heavy atom. The molecule has 0 aliphatic carbocycles. The molecule has 102 valence electrons. The van der Waals surface area contributed by atoms with E-state index < -0.39 is 6.10 Å².